The highest BCUT2D eigenvalue weighted by molar-refractivity contribution is 8.18. The number of hydrogen-bond acceptors (Lipinski definition) is 5. The summed E-state index contributed by atoms with van der Waals surface area (Å²) in [6.07, 6.45) is 1.44. The summed E-state index contributed by atoms with van der Waals surface area (Å²) < 4.78 is 18.7. The summed E-state index contributed by atoms with van der Waals surface area (Å²) in [7, 11) is 1.42. The predicted octanol–water partition coefficient (Wildman–Crippen LogP) is 4.82. The number of anilines is 1. The summed E-state index contributed by atoms with van der Waals surface area (Å²) in [5.74, 6) is -1.67. The maximum Gasteiger partial charge on any atom is 0.294 e. The van der Waals surface area contributed by atoms with E-state index in [1.807, 2.05) is 0 Å². The summed E-state index contributed by atoms with van der Waals surface area (Å²) in [6.45, 7) is -0.541. The number of imide groups is 1. The molecule has 2 aromatic rings. The molecule has 0 radical (unpaired) electrons. The second kappa shape index (κ2) is 8.86. The van der Waals surface area contributed by atoms with Crippen LogP contribution >= 0.6 is 35.0 Å². The molecule has 0 spiro atoms. The van der Waals surface area contributed by atoms with Crippen LogP contribution in [0, 0.1) is 5.82 Å². The highest BCUT2D eigenvalue weighted by Gasteiger charge is 2.36. The Kier molecular flexibility index (Phi) is 6.46. The maximum atomic E-state index is 13.6. The molecule has 0 bridgehead atoms. The zero-order valence-electron chi connectivity index (χ0n) is 14.9. The van der Waals surface area contributed by atoms with E-state index >= 15 is 0 Å². The Morgan fingerprint density at radius 2 is 1.90 bits per heavy atom. The Labute approximate surface area is 179 Å². The molecule has 1 aliphatic rings. The van der Waals surface area contributed by atoms with Crippen LogP contribution in [0.2, 0.25) is 10.0 Å². The number of ether oxygens (including phenoxy) is 1. The molecule has 3 amide bonds. The average molecular weight is 455 g/mol. The number of hydrogen-bond donors (Lipinski definition) is 1. The first-order valence-electron chi connectivity index (χ1n) is 8.13. The number of rotatable bonds is 5. The van der Waals surface area contributed by atoms with Gasteiger partial charge in [0.2, 0.25) is 5.91 Å². The van der Waals surface area contributed by atoms with Gasteiger partial charge in [-0.1, -0.05) is 35.3 Å². The fraction of sp³-hybridized carbons (Fsp3) is 0.105. The first-order valence-corrected chi connectivity index (χ1v) is 9.70. The molecule has 1 saturated heterocycles. The summed E-state index contributed by atoms with van der Waals surface area (Å²) in [4.78, 5) is 37.7. The van der Waals surface area contributed by atoms with Crippen LogP contribution in [-0.4, -0.2) is 35.6 Å². The molecule has 0 saturated carbocycles. The summed E-state index contributed by atoms with van der Waals surface area (Å²) >= 11 is 12.8. The van der Waals surface area contributed by atoms with Gasteiger partial charge in [-0.05, 0) is 47.7 Å². The summed E-state index contributed by atoms with van der Waals surface area (Å²) in [5.41, 5.74) is 0.449. The van der Waals surface area contributed by atoms with E-state index in [0.717, 1.165) is 4.90 Å². The van der Waals surface area contributed by atoms with Crippen molar-refractivity contribution in [2.45, 2.75) is 0 Å². The molecule has 2 aromatic carbocycles. The first kappa shape index (κ1) is 21.2. The zero-order chi connectivity index (χ0) is 21.1. The largest absolute Gasteiger partial charge is 0.494 e. The van der Waals surface area contributed by atoms with Crippen molar-refractivity contribution in [3.05, 3.63) is 62.7 Å². The van der Waals surface area contributed by atoms with Gasteiger partial charge in [-0.25, -0.2) is 4.39 Å². The highest BCUT2D eigenvalue weighted by atomic mass is 35.5. The van der Waals surface area contributed by atoms with Crippen molar-refractivity contribution in [2.24, 2.45) is 0 Å². The standard InChI is InChI=1S/C19H13Cl2FN2O4S/c1-28-17-11(20)6-10(7-12(17)21)8-15-18(26)24(19(27)29-15)9-16(25)23-14-5-3-2-4-13(14)22/h2-8H,9H2,1H3,(H,23,25)/b15-8+. The van der Waals surface area contributed by atoms with Crippen LogP contribution in [0.4, 0.5) is 14.9 Å². The third kappa shape index (κ3) is 4.72. The number of carbonyl (C=O) groups excluding carboxylic acids is 3. The second-order valence-corrected chi connectivity index (χ2v) is 7.62. The Morgan fingerprint density at radius 3 is 2.52 bits per heavy atom. The van der Waals surface area contributed by atoms with Crippen molar-refractivity contribution in [3.63, 3.8) is 0 Å². The summed E-state index contributed by atoms with van der Waals surface area (Å²) in [5, 5.41) is 2.21. The van der Waals surface area contributed by atoms with Crippen LogP contribution in [0.1, 0.15) is 5.56 Å². The van der Waals surface area contributed by atoms with Crippen molar-refractivity contribution in [2.75, 3.05) is 19.0 Å². The van der Waals surface area contributed by atoms with Crippen molar-refractivity contribution < 1.29 is 23.5 Å². The Morgan fingerprint density at radius 1 is 1.24 bits per heavy atom. The number of carbonyl (C=O) groups is 3. The highest BCUT2D eigenvalue weighted by Crippen LogP contribution is 2.37. The van der Waals surface area contributed by atoms with Gasteiger partial charge in [-0.15, -0.1) is 0 Å². The number of halogens is 3. The molecule has 1 fully saturated rings. The molecule has 6 nitrogen and oxygen atoms in total. The van der Waals surface area contributed by atoms with Crippen LogP contribution in [-0.2, 0) is 9.59 Å². The molecule has 150 valence electrons. The minimum Gasteiger partial charge on any atom is -0.494 e. The van der Waals surface area contributed by atoms with Gasteiger partial charge in [0.1, 0.15) is 12.4 Å². The molecule has 29 heavy (non-hydrogen) atoms. The molecule has 0 atom stereocenters. The van der Waals surface area contributed by atoms with E-state index in [-0.39, 0.29) is 20.6 Å². The molecule has 0 aliphatic carbocycles. The van der Waals surface area contributed by atoms with Crippen molar-refractivity contribution >= 4 is 63.8 Å². The smallest absolute Gasteiger partial charge is 0.294 e. The lowest BCUT2D eigenvalue weighted by atomic mass is 10.2. The molecule has 0 aromatic heterocycles. The fourth-order valence-electron chi connectivity index (χ4n) is 2.54. The van der Waals surface area contributed by atoms with E-state index in [2.05, 4.69) is 5.32 Å². The third-order valence-electron chi connectivity index (χ3n) is 3.85. The molecule has 0 unspecified atom stereocenters. The van der Waals surface area contributed by atoms with Crippen LogP contribution in [0.15, 0.2) is 41.3 Å². The molecule has 10 heteroatoms. The monoisotopic (exact) mass is 454 g/mol. The van der Waals surface area contributed by atoms with E-state index in [9.17, 15) is 18.8 Å². The van der Waals surface area contributed by atoms with Gasteiger partial charge in [0.05, 0.1) is 27.7 Å². The zero-order valence-corrected chi connectivity index (χ0v) is 17.2. The molecular formula is C19H13Cl2FN2O4S. The number of thioether (sulfide) groups is 1. The quantitative estimate of drug-likeness (QED) is 0.655. The van der Waals surface area contributed by atoms with Gasteiger partial charge in [0.25, 0.3) is 11.1 Å². The Hall–Kier alpha value is -2.55. The number of para-hydroxylation sites is 1. The fourth-order valence-corrected chi connectivity index (χ4v) is 4.04. The van der Waals surface area contributed by atoms with Crippen molar-refractivity contribution in [3.8, 4) is 5.75 Å². The van der Waals surface area contributed by atoms with Crippen LogP contribution in [0.25, 0.3) is 6.08 Å². The SMILES string of the molecule is COc1c(Cl)cc(/C=C2/SC(=O)N(CC(=O)Nc3ccccc3F)C2=O)cc1Cl. The van der Waals surface area contributed by atoms with Gasteiger partial charge in [-0.2, -0.15) is 0 Å². The average Bonchev–Trinajstić information content (AvgIpc) is 2.91. The topological polar surface area (TPSA) is 75.7 Å². The lowest BCUT2D eigenvalue weighted by molar-refractivity contribution is -0.127. The van der Waals surface area contributed by atoms with Gasteiger partial charge < -0.3 is 10.1 Å². The molecule has 3 rings (SSSR count). The number of amides is 3. The van der Waals surface area contributed by atoms with E-state index in [1.54, 1.807) is 6.07 Å². The van der Waals surface area contributed by atoms with E-state index in [0.29, 0.717) is 23.1 Å². The third-order valence-corrected chi connectivity index (χ3v) is 5.31. The number of nitrogens with one attached hydrogen (secondary N) is 1. The lowest BCUT2D eigenvalue weighted by Gasteiger charge is -2.12. The Balaban J connectivity index is 1.75. The Bertz CT molecular complexity index is 1020. The normalized spacial score (nSPS) is 15.2. The van der Waals surface area contributed by atoms with Crippen LogP contribution < -0.4 is 10.1 Å². The van der Waals surface area contributed by atoms with Gasteiger partial charge in [-0.3, -0.25) is 19.3 Å². The number of methoxy groups -OCH3 is 1. The lowest BCUT2D eigenvalue weighted by Crippen LogP contribution is -2.36. The van der Waals surface area contributed by atoms with E-state index in [1.165, 1.54) is 43.5 Å². The van der Waals surface area contributed by atoms with Crippen molar-refractivity contribution in [1.82, 2.24) is 4.90 Å². The summed E-state index contributed by atoms with van der Waals surface area (Å²) in [6, 6.07) is 8.65. The van der Waals surface area contributed by atoms with Gasteiger partial charge in [0.15, 0.2) is 5.75 Å². The number of nitrogens with zero attached hydrogens (tertiary/aromatic N) is 1. The maximum absolute atomic E-state index is 13.6. The van der Waals surface area contributed by atoms with Crippen LogP contribution in [0.3, 0.4) is 0 Å². The molecule has 1 aliphatic heterocycles. The predicted molar refractivity (Wildman–Crippen MR) is 111 cm³/mol. The molecular weight excluding hydrogens is 442 g/mol. The first-order chi connectivity index (χ1) is 13.8. The van der Waals surface area contributed by atoms with Crippen LogP contribution in [0.5, 0.6) is 5.75 Å². The van der Waals surface area contributed by atoms with E-state index in [4.69, 9.17) is 27.9 Å². The minimum atomic E-state index is -0.700. The van der Waals surface area contributed by atoms with Crippen molar-refractivity contribution in [1.29, 1.82) is 0 Å². The number of benzene rings is 2. The molecule has 1 N–H and O–H groups in total. The second-order valence-electron chi connectivity index (χ2n) is 5.81. The van der Waals surface area contributed by atoms with Gasteiger partial charge in [0, 0.05) is 0 Å². The van der Waals surface area contributed by atoms with Gasteiger partial charge >= 0.3 is 0 Å². The minimum absolute atomic E-state index is 0.0393. The van der Waals surface area contributed by atoms with E-state index < -0.39 is 29.4 Å². The molecule has 1 heterocycles.